The molecular weight excluding hydrogens is 242 g/mol. The Morgan fingerprint density at radius 2 is 2.11 bits per heavy atom. The van der Waals surface area contributed by atoms with Crippen molar-refractivity contribution in [3.05, 3.63) is 23.8 Å². The summed E-state index contributed by atoms with van der Waals surface area (Å²) in [6.07, 6.45) is 3.27. The van der Waals surface area contributed by atoms with Crippen LogP contribution in [0.4, 0.5) is 0 Å². The first-order valence-corrected chi connectivity index (χ1v) is 6.75. The van der Waals surface area contributed by atoms with E-state index in [0.717, 1.165) is 12.8 Å². The summed E-state index contributed by atoms with van der Waals surface area (Å²) in [5.74, 6) is 1.60. The zero-order chi connectivity index (χ0) is 13.4. The molecule has 3 rings (SSSR count). The Balaban J connectivity index is 1.87. The zero-order valence-electron chi connectivity index (χ0n) is 11.3. The Morgan fingerprint density at radius 3 is 2.68 bits per heavy atom. The van der Waals surface area contributed by atoms with Gasteiger partial charge in [-0.25, -0.2) is 0 Å². The predicted molar refractivity (Wildman–Crippen MR) is 71.9 cm³/mol. The Kier molecular flexibility index (Phi) is 3.19. The summed E-state index contributed by atoms with van der Waals surface area (Å²) in [6.45, 7) is 0. The Bertz CT molecular complexity index is 500. The van der Waals surface area contributed by atoms with E-state index in [1.165, 1.54) is 6.42 Å². The van der Waals surface area contributed by atoms with E-state index < -0.39 is 0 Å². The highest BCUT2D eigenvalue weighted by Gasteiger charge is 2.43. The van der Waals surface area contributed by atoms with E-state index in [9.17, 15) is 4.79 Å². The third-order valence-electron chi connectivity index (χ3n) is 4.31. The fraction of sp³-hybridized carbons (Fsp3) is 0.533. The molecule has 1 N–H and O–H groups in total. The number of hydrogen-bond acceptors (Lipinski definition) is 4. The van der Waals surface area contributed by atoms with Gasteiger partial charge in [-0.2, -0.15) is 0 Å². The van der Waals surface area contributed by atoms with Gasteiger partial charge >= 0.3 is 0 Å². The third-order valence-corrected chi connectivity index (χ3v) is 4.31. The fourth-order valence-electron chi connectivity index (χ4n) is 3.32. The van der Waals surface area contributed by atoms with Gasteiger partial charge in [-0.05, 0) is 31.4 Å². The van der Waals surface area contributed by atoms with Gasteiger partial charge in [-0.3, -0.25) is 4.79 Å². The van der Waals surface area contributed by atoms with Gasteiger partial charge in [0.05, 0.1) is 19.8 Å². The number of hydrogen-bond donors (Lipinski definition) is 1. The number of methoxy groups -OCH3 is 2. The standard InChI is InChI=1S/C15H19NO3/c1-18-10-4-5-11(14(8-10)19-2)15(17)12-7-9-3-6-13(12)16-9/h4-5,8-9,12-13,16H,3,6-7H2,1-2H3. The second kappa shape index (κ2) is 4.85. The molecule has 102 valence electrons. The number of carbonyl (C=O) groups excluding carboxylic acids is 1. The topological polar surface area (TPSA) is 47.6 Å². The summed E-state index contributed by atoms with van der Waals surface area (Å²) in [4.78, 5) is 12.7. The van der Waals surface area contributed by atoms with Gasteiger partial charge in [-0.15, -0.1) is 0 Å². The van der Waals surface area contributed by atoms with Gasteiger partial charge in [0.1, 0.15) is 11.5 Å². The van der Waals surface area contributed by atoms with Gasteiger partial charge in [0.2, 0.25) is 0 Å². The van der Waals surface area contributed by atoms with Crippen LogP contribution >= 0.6 is 0 Å². The van der Waals surface area contributed by atoms with Crippen LogP contribution in [-0.4, -0.2) is 32.1 Å². The number of rotatable bonds is 4. The zero-order valence-corrected chi connectivity index (χ0v) is 11.3. The molecule has 2 saturated heterocycles. The molecule has 1 aromatic carbocycles. The molecule has 19 heavy (non-hydrogen) atoms. The normalized spacial score (nSPS) is 28.4. The number of benzene rings is 1. The molecule has 0 spiro atoms. The second-order valence-electron chi connectivity index (χ2n) is 5.32. The fourth-order valence-corrected chi connectivity index (χ4v) is 3.32. The van der Waals surface area contributed by atoms with E-state index in [-0.39, 0.29) is 11.7 Å². The summed E-state index contributed by atoms with van der Waals surface area (Å²) in [5.41, 5.74) is 0.669. The molecule has 2 bridgehead atoms. The summed E-state index contributed by atoms with van der Waals surface area (Å²) in [6, 6.07) is 6.28. The molecule has 2 heterocycles. The number of ketones is 1. The van der Waals surface area contributed by atoms with Crippen LogP contribution in [0.25, 0.3) is 0 Å². The maximum atomic E-state index is 12.7. The number of carbonyl (C=O) groups is 1. The Labute approximate surface area is 113 Å². The first-order chi connectivity index (χ1) is 9.22. The predicted octanol–water partition coefficient (Wildman–Crippen LogP) is 2.03. The molecule has 3 unspecified atom stereocenters. The summed E-state index contributed by atoms with van der Waals surface area (Å²) >= 11 is 0. The first kappa shape index (κ1) is 12.5. The molecule has 2 aliphatic rings. The van der Waals surface area contributed by atoms with Crippen molar-refractivity contribution in [1.29, 1.82) is 0 Å². The van der Waals surface area contributed by atoms with Crippen molar-refractivity contribution in [2.45, 2.75) is 31.3 Å². The lowest BCUT2D eigenvalue weighted by Gasteiger charge is -2.20. The Morgan fingerprint density at radius 1 is 1.26 bits per heavy atom. The molecule has 0 saturated carbocycles. The minimum Gasteiger partial charge on any atom is -0.497 e. The minimum absolute atomic E-state index is 0.0982. The molecule has 0 amide bonds. The van der Waals surface area contributed by atoms with E-state index in [1.807, 2.05) is 12.1 Å². The summed E-state index contributed by atoms with van der Waals surface area (Å²) < 4.78 is 10.5. The van der Waals surface area contributed by atoms with Crippen molar-refractivity contribution in [2.24, 2.45) is 5.92 Å². The summed E-state index contributed by atoms with van der Waals surface area (Å²) in [5, 5.41) is 3.50. The van der Waals surface area contributed by atoms with Crippen LogP contribution in [0, 0.1) is 5.92 Å². The molecule has 0 radical (unpaired) electrons. The highest BCUT2D eigenvalue weighted by molar-refractivity contribution is 6.01. The van der Waals surface area contributed by atoms with E-state index in [2.05, 4.69) is 5.32 Å². The molecule has 2 fully saturated rings. The molecule has 0 aliphatic carbocycles. The quantitative estimate of drug-likeness (QED) is 0.842. The van der Waals surface area contributed by atoms with E-state index in [0.29, 0.717) is 29.1 Å². The Hall–Kier alpha value is -1.55. The van der Waals surface area contributed by atoms with Gasteiger partial charge in [0.25, 0.3) is 0 Å². The number of nitrogens with one attached hydrogen (secondary N) is 1. The molecule has 1 aromatic rings. The molecule has 3 atom stereocenters. The summed E-state index contributed by atoms with van der Waals surface area (Å²) in [7, 11) is 3.20. The van der Waals surface area contributed by atoms with Crippen molar-refractivity contribution < 1.29 is 14.3 Å². The van der Waals surface area contributed by atoms with Crippen LogP contribution in [0.15, 0.2) is 18.2 Å². The third kappa shape index (κ3) is 2.10. The molecular formula is C15H19NO3. The van der Waals surface area contributed by atoms with Gasteiger partial charge in [0.15, 0.2) is 5.78 Å². The van der Waals surface area contributed by atoms with Crippen molar-refractivity contribution in [2.75, 3.05) is 14.2 Å². The lowest BCUT2D eigenvalue weighted by atomic mass is 9.83. The first-order valence-electron chi connectivity index (χ1n) is 6.75. The maximum absolute atomic E-state index is 12.7. The highest BCUT2D eigenvalue weighted by Crippen LogP contribution is 2.37. The van der Waals surface area contributed by atoms with Gasteiger partial charge < -0.3 is 14.8 Å². The van der Waals surface area contributed by atoms with E-state index in [4.69, 9.17) is 9.47 Å². The maximum Gasteiger partial charge on any atom is 0.171 e. The lowest BCUT2D eigenvalue weighted by Crippen LogP contribution is -2.29. The molecule has 4 nitrogen and oxygen atoms in total. The minimum atomic E-state index is 0.0982. The van der Waals surface area contributed by atoms with E-state index in [1.54, 1.807) is 20.3 Å². The van der Waals surface area contributed by atoms with Crippen molar-refractivity contribution >= 4 is 5.78 Å². The molecule has 4 heteroatoms. The average molecular weight is 261 g/mol. The number of ether oxygens (including phenoxy) is 2. The van der Waals surface area contributed by atoms with Crippen LogP contribution in [0.5, 0.6) is 11.5 Å². The second-order valence-corrected chi connectivity index (χ2v) is 5.32. The van der Waals surface area contributed by atoms with Crippen molar-refractivity contribution in [3.63, 3.8) is 0 Å². The highest BCUT2D eigenvalue weighted by atomic mass is 16.5. The van der Waals surface area contributed by atoms with Crippen LogP contribution in [0.3, 0.4) is 0 Å². The van der Waals surface area contributed by atoms with Crippen LogP contribution in [0.2, 0.25) is 0 Å². The van der Waals surface area contributed by atoms with Crippen molar-refractivity contribution in [3.8, 4) is 11.5 Å². The van der Waals surface area contributed by atoms with Crippen LogP contribution in [-0.2, 0) is 0 Å². The lowest BCUT2D eigenvalue weighted by molar-refractivity contribution is 0.0897. The number of fused-ring (bicyclic) bond motifs is 2. The monoisotopic (exact) mass is 261 g/mol. The number of Topliss-reactive ketones (excluding diaryl/α,β-unsaturated/α-hetero) is 1. The van der Waals surface area contributed by atoms with Crippen LogP contribution < -0.4 is 14.8 Å². The SMILES string of the molecule is COc1ccc(C(=O)C2CC3CCC2N3)c(OC)c1. The molecule has 0 aromatic heterocycles. The van der Waals surface area contributed by atoms with Crippen LogP contribution in [0.1, 0.15) is 29.6 Å². The van der Waals surface area contributed by atoms with Gasteiger partial charge in [0, 0.05) is 24.1 Å². The molecule has 2 aliphatic heterocycles. The van der Waals surface area contributed by atoms with Crippen molar-refractivity contribution in [1.82, 2.24) is 5.32 Å². The average Bonchev–Trinajstić information content (AvgIpc) is 3.08. The van der Waals surface area contributed by atoms with E-state index >= 15 is 0 Å². The smallest absolute Gasteiger partial charge is 0.171 e. The van der Waals surface area contributed by atoms with Gasteiger partial charge in [-0.1, -0.05) is 0 Å². The largest absolute Gasteiger partial charge is 0.497 e.